The Labute approximate surface area is 187 Å². The summed E-state index contributed by atoms with van der Waals surface area (Å²) in [5.74, 6) is -0.323. The first kappa shape index (κ1) is 21.4. The van der Waals surface area contributed by atoms with Crippen LogP contribution in [-0.2, 0) is 6.42 Å². The largest absolute Gasteiger partial charge is 0.378 e. The third-order valence-electron chi connectivity index (χ3n) is 5.87. The monoisotopic (exact) mass is 430 g/mol. The number of amides is 1. The second kappa shape index (κ2) is 9.09. The SMILES string of the molecule is CN(C)c1ccc(C(CNC(=O)c2cccc([N+](=O)[O-])c2)N2CCc3ccccc32)cc1. The molecule has 0 aliphatic carbocycles. The third kappa shape index (κ3) is 4.42. The molecule has 1 aliphatic rings. The van der Waals surface area contributed by atoms with Crippen molar-refractivity contribution in [1.82, 2.24) is 5.32 Å². The van der Waals surface area contributed by atoms with E-state index in [2.05, 4.69) is 46.6 Å². The van der Waals surface area contributed by atoms with Crippen molar-refractivity contribution in [2.24, 2.45) is 0 Å². The summed E-state index contributed by atoms with van der Waals surface area (Å²) in [5, 5.41) is 14.1. The van der Waals surface area contributed by atoms with Crippen LogP contribution >= 0.6 is 0 Å². The number of rotatable bonds is 7. The number of carbonyl (C=O) groups excluding carboxylic acids is 1. The summed E-state index contributed by atoms with van der Waals surface area (Å²) < 4.78 is 0. The van der Waals surface area contributed by atoms with Crippen LogP contribution in [0.4, 0.5) is 17.1 Å². The summed E-state index contributed by atoms with van der Waals surface area (Å²) in [6.07, 6.45) is 0.960. The van der Waals surface area contributed by atoms with Crippen molar-refractivity contribution in [3.63, 3.8) is 0 Å². The maximum atomic E-state index is 12.8. The highest BCUT2D eigenvalue weighted by molar-refractivity contribution is 5.94. The van der Waals surface area contributed by atoms with Crippen molar-refractivity contribution in [1.29, 1.82) is 0 Å². The van der Waals surface area contributed by atoms with Gasteiger partial charge in [0.2, 0.25) is 0 Å². The highest BCUT2D eigenvalue weighted by Crippen LogP contribution is 2.35. The minimum absolute atomic E-state index is 0.0579. The maximum absolute atomic E-state index is 12.8. The third-order valence-corrected chi connectivity index (χ3v) is 5.87. The molecule has 7 nitrogen and oxygen atoms in total. The Balaban J connectivity index is 1.59. The number of anilines is 2. The highest BCUT2D eigenvalue weighted by atomic mass is 16.6. The number of hydrogen-bond donors (Lipinski definition) is 1. The molecular weight excluding hydrogens is 404 g/mol. The molecule has 0 bridgehead atoms. The van der Waals surface area contributed by atoms with Crippen molar-refractivity contribution >= 4 is 23.0 Å². The van der Waals surface area contributed by atoms with Crippen LogP contribution in [0, 0.1) is 10.1 Å². The Bertz CT molecular complexity index is 1130. The molecule has 7 heteroatoms. The van der Waals surface area contributed by atoms with E-state index < -0.39 is 4.92 Å². The molecule has 4 rings (SSSR count). The first-order valence-electron chi connectivity index (χ1n) is 10.6. The fourth-order valence-electron chi connectivity index (χ4n) is 4.14. The lowest BCUT2D eigenvalue weighted by atomic mass is 10.0. The average molecular weight is 431 g/mol. The molecule has 1 atom stereocenters. The summed E-state index contributed by atoms with van der Waals surface area (Å²) in [4.78, 5) is 27.7. The van der Waals surface area contributed by atoms with Crippen LogP contribution in [0.1, 0.15) is 27.5 Å². The number of hydrogen-bond acceptors (Lipinski definition) is 5. The maximum Gasteiger partial charge on any atom is 0.270 e. The van der Waals surface area contributed by atoms with Crippen molar-refractivity contribution in [2.75, 3.05) is 37.0 Å². The lowest BCUT2D eigenvalue weighted by Gasteiger charge is -2.31. The predicted octanol–water partition coefficient (Wildman–Crippen LogP) is 4.19. The summed E-state index contributed by atoms with van der Waals surface area (Å²) in [5.41, 5.74) is 4.87. The van der Waals surface area contributed by atoms with Crippen LogP contribution in [0.2, 0.25) is 0 Å². The highest BCUT2D eigenvalue weighted by Gasteiger charge is 2.27. The molecule has 1 unspecified atom stereocenters. The Kier molecular flexibility index (Phi) is 6.07. The number of nitro benzene ring substituents is 1. The zero-order chi connectivity index (χ0) is 22.7. The summed E-state index contributed by atoms with van der Waals surface area (Å²) in [7, 11) is 4.00. The second-order valence-electron chi connectivity index (χ2n) is 8.09. The molecule has 1 amide bonds. The molecule has 1 aliphatic heterocycles. The first-order chi connectivity index (χ1) is 15.4. The molecule has 0 saturated carbocycles. The van der Waals surface area contributed by atoms with Gasteiger partial charge in [0.25, 0.3) is 11.6 Å². The summed E-state index contributed by atoms with van der Waals surface area (Å²) in [6, 6.07) is 22.4. The predicted molar refractivity (Wildman–Crippen MR) is 126 cm³/mol. The van der Waals surface area contributed by atoms with E-state index in [1.54, 1.807) is 6.07 Å². The topological polar surface area (TPSA) is 78.7 Å². The van der Waals surface area contributed by atoms with E-state index in [9.17, 15) is 14.9 Å². The number of nitro groups is 1. The van der Waals surface area contributed by atoms with Gasteiger partial charge in [-0.05, 0) is 41.8 Å². The first-order valence-corrected chi connectivity index (χ1v) is 10.6. The van der Waals surface area contributed by atoms with Gasteiger partial charge in [-0.2, -0.15) is 0 Å². The van der Waals surface area contributed by atoms with E-state index in [0.29, 0.717) is 6.54 Å². The minimum atomic E-state index is -0.493. The molecule has 0 fully saturated rings. The molecule has 0 saturated heterocycles. The van der Waals surface area contributed by atoms with E-state index in [-0.39, 0.29) is 23.2 Å². The molecule has 3 aromatic rings. The van der Waals surface area contributed by atoms with Gasteiger partial charge in [0, 0.05) is 56.3 Å². The Morgan fingerprint density at radius 1 is 1.09 bits per heavy atom. The number of para-hydroxylation sites is 1. The van der Waals surface area contributed by atoms with Gasteiger partial charge < -0.3 is 15.1 Å². The van der Waals surface area contributed by atoms with Crippen LogP contribution < -0.4 is 15.1 Å². The second-order valence-corrected chi connectivity index (χ2v) is 8.09. The molecule has 164 valence electrons. The molecule has 1 N–H and O–H groups in total. The average Bonchev–Trinajstić information content (AvgIpc) is 3.23. The fourth-order valence-corrected chi connectivity index (χ4v) is 4.14. The van der Waals surface area contributed by atoms with Crippen LogP contribution in [0.25, 0.3) is 0 Å². The Morgan fingerprint density at radius 2 is 1.84 bits per heavy atom. The Hall–Kier alpha value is -3.87. The van der Waals surface area contributed by atoms with E-state index in [4.69, 9.17) is 0 Å². The van der Waals surface area contributed by atoms with Gasteiger partial charge in [-0.3, -0.25) is 14.9 Å². The number of non-ortho nitro benzene ring substituents is 1. The normalized spacial score (nSPS) is 13.4. The quantitative estimate of drug-likeness (QED) is 0.449. The number of nitrogens with zero attached hydrogens (tertiary/aromatic N) is 3. The lowest BCUT2D eigenvalue weighted by molar-refractivity contribution is -0.384. The van der Waals surface area contributed by atoms with Gasteiger partial charge in [0.05, 0.1) is 11.0 Å². The number of nitrogens with one attached hydrogen (secondary N) is 1. The molecule has 32 heavy (non-hydrogen) atoms. The van der Waals surface area contributed by atoms with Crippen molar-refractivity contribution in [3.8, 4) is 0 Å². The van der Waals surface area contributed by atoms with Crippen molar-refractivity contribution in [3.05, 3.63) is 99.6 Å². The lowest BCUT2D eigenvalue weighted by Crippen LogP contribution is -2.37. The van der Waals surface area contributed by atoms with Crippen LogP contribution in [-0.4, -0.2) is 38.0 Å². The molecule has 0 aromatic heterocycles. The summed E-state index contributed by atoms with van der Waals surface area (Å²) >= 11 is 0. The molecule has 1 heterocycles. The van der Waals surface area contributed by atoms with E-state index in [1.807, 2.05) is 31.1 Å². The van der Waals surface area contributed by atoms with Crippen LogP contribution in [0.5, 0.6) is 0 Å². The van der Waals surface area contributed by atoms with Gasteiger partial charge >= 0.3 is 0 Å². The van der Waals surface area contributed by atoms with Gasteiger partial charge in [0.1, 0.15) is 0 Å². The van der Waals surface area contributed by atoms with Crippen molar-refractivity contribution in [2.45, 2.75) is 12.5 Å². The van der Waals surface area contributed by atoms with E-state index in [1.165, 1.54) is 29.4 Å². The smallest absolute Gasteiger partial charge is 0.270 e. The van der Waals surface area contributed by atoms with Crippen molar-refractivity contribution < 1.29 is 9.72 Å². The number of benzene rings is 3. The number of carbonyl (C=O) groups is 1. The zero-order valence-electron chi connectivity index (χ0n) is 18.2. The fraction of sp³-hybridized carbons (Fsp3) is 0.240. The van der Waals surface area contributed by atoms with Gasteiger partial charge in [-0.1, -0.05) is 36.4 Å². The van der Waals surface area contributed by atoms with Gasteiger partial charge in [-0.25, -0.2) is 0 Å². The number of fused-ring (bicyclic) bond motifs is 1. The van der Waals surface area contributed by atoms with Crippen LogP contribution in [0.15, 0.2) is 72.8 Å². The zero-order valence-corrected chi connectivity index (χ0v) is 18.2. The Morgan fingerprint density at radius 3 is 2.56 bits per heavy atom. The van der Waals surface area contributed by atoms with E-state index >= 15 is 0 Å². The summed E-state index contributed by atoms with van der Waals surface area (Å²) in [6.45, 7) is 1.25. The molecular formula is C25H26N4O3. The van der Waals surface area contributed by atoms with E-state index in [0.717, 1.165) is 24.2 Å². The molecule has 3 aromatic carbocycles. The van der Waals surface area contributed by atoms with Crippen LogP contribution in [0.3, 0.4) is 0 Å². The molecule has 0 spiro atoms. The minimum Gasteiger partial charge on any atom is -0.378 e. The van der Waals surface area contributed by atoms with Gasteiger partial charge in [-0.15, -0.1) is 0 Å². The molecule has 0 radical (unpaired) electrons. The van der Waals surface area contributed by atoms with Gasteiger partial charge in [0.15, 0.2) is 0 Å². The standard InChI is InChI=1S/C25H26N4O3/c1-27(2)21-12-10-19(11-13-21)24(28-15-14-18-6-3-4-9-23(18)28)17-26-25(30)20-7-5-8-22(16-20)29(31)32/h3-13,16,24H,14-15,17H2,1-2H3,(H,26,30).